The van der Waals surface area contributed by atoms with Gasteiger partial charge in [0, 0.05) is 49.6 Å². The Morgan fingerprint density at radius 1 is 1.17 bits per heavy atom. The first-order valence-corrected chi connectivity index (χ1v) is 11.3. The minimum Gasteiger partial charge on any atom is -0.386 e. The number of benzene rings is 1. The molecule has 7 nitrogen and oxygen atoms in total. The maximum atomic E-state index is 11.6. The number of ether oxygens (including phenoxy) is 1. The fourth-order valence-corrected chi connectivity index (χ4v) is 4.64. The summed E-state index contributed by atoms with van der Waals surface area (Å²) in [6.45, 7) is 4.70. The molecule has 1 unspecified atom stereocenters. The Balaban J connectivity index is 1.64. The molecule has 0 spiro atoms. The maximum Gasteiger partial charge on any atom is 0.186 e. The summed E-state index contributed by atoms with van der Waals surface area (Å²) in [4.78, 5) is 9.99. The highest BCUT2D eigenvalue weighted by Gasteiger charge is 2.28. The van der Waals surface area contributed by atoms with Crippen molar-refractivity contribution in [3.8, 4) is 11.3 Å². The van der Waals surface area contributed by atoms with Crippen LogP contribution in [0.4, 0.5) is 11.5 Å². The van der Waals surface area contributed by atoms with Crippen LogP contribution in [0.25, 0.3) is 11.3 Å². The van der Waals surface area contributed by atoms with Crippen LogP contribution < -0.4 is 15.1 Å². The molecule has 2 aromatic rings. The molecule has 1 atom stereocenters. The van der Waals surface area contributed by atoms with Gasteiger partial charge >= 0.3 is 0 Å². The summed E-state index contributed by atoms with van der Waals surface area (Å²) < 4.78 is 26.7. The predicted octanol–water partition coefficient (Wildman–Crippen LogP) is 2.53. The van der Waals surface area contributed by atoms with Gasteiger partial charge in [-0.1, -0.05) is 18.2 Å². The summed E-state index contributed by atoms with van der Waals surface area (Å²) in [5.74, 6) is 0.919. The molecule has 0 amide bonds. The summed E-state index contributed by atoms with van der Waals surface area (Å²) in [5.41, 5.74) is 5.21. The molecule has 3 aliphatic heterocycles. The maximum absolute atomic E-state index is 11.6. The van der Waals surface area contributed by atoms with Crippen molar-refractivity contribution in [1.29, 1.82) is 0 Å². The van der Waals surface area contributed by atoms with Crippen molar-refractivity contribution in [2.75, 3.05) is 49.2 Å². The van der Waals surface area contributed by atoms with E-state index in [4.69, 9.17) is 9.72 Å². The molecule has 1 saturated heterocycles. The van der Waals surface area contributed by atoms with E-state index in [-0.39, 0.29) is 0 Å². The molecule has 3 aliphatic rings. The van der Waals surface area contributed by atoms with E-state index in [0.717, 1.165) is 61.1 Å². The van der Waals surface area contributed by atoms with E-state index in [2.05, 4.69) is 39.5 Å². The topological polar surface area (TPSA) is 77.9 Å². The van der Waals surface area contributed by atoms with E-state index in [1.54, 1.807) is 12.1 Å². The lowest BCUT2D eigenvalue weighted by atomic mass is 10.0. The summed E-state index contributed by atoms with van der Waals surface area (Å²) >= 11 is -2.02. The van der Waals surface area contributed by atoms with Crippen LogP contribution in [0.15, 0.2) is 59.3 Å². The van der Waals surface area contributed by atoms with Gasteiger partial charge in [-0.2, -0.15) is 0 Å². The molecular weight excluding hydrogens is 400 g/mol. The van der Waals surface area contributed by atoms with E-state index in [1.165, 1.54) is 5.56 Å². The minimum absolute atomic E-state index is 0.386. The number of nitrogens with one attached hydrogen (secondary N) is 1. The van der Waals surface area contributed by atoms with Gasteiger partial charge in [0.15, 0.2) is 11.1 Å². The van der Waals surface area contributed by atoms with Gasteiger partial charge in [0.2, 0.25) is 0 Å². The fraction of sp³-hybridized carbons (Fsp3) is 0.318. The zero-order valence-corrected chi connectivity index (χ0v) is 17.4. The largest absolute Gasteiger partial charge is 0.386 e. The molecule has 0 aliphatic carbocycles. The zero-order valence-electron chi connectivity index (χ0n) is 16.6. The van der Waals surface area contributed by atoms with Crippen LogP contribution in [0.3, 0.4) is 0 Å². The SMILES string of the molecule is O=S(O)c1cccc(-c2nc(N3CCOCC3)cc3c2CCN3C2=CNCC=C2)c1. The molecule has 1 aromatic heterocycles. The Bertz CT molecular complexity index is 1050. The average Bonchev–Trinajstić information content (AvgIpc) is 3.24. The number of nitrogens with zero attached hydrogens (tertiary/aromatic N) is 3. The molecule has 5 rings (SSSR count). The number of dihydropyridines is 1. The third-order valence-electron chi connectivity index (χ3n) is 5.69. The number of anilines is 2. The van der Waals surface area contributed by atoms with E-state index in [0.29, 0.717) is 18.1 Å². The van der Waals surface area contributed by atoms with Gasteiger partial charge in [-0.25, -0.2) is 9.19 Å². The average molecular weight is 425 g/mol. The summed E-state index contributed by atoms with van der Waals surface area (Å²) in [7, 11) is 0. The molecule has 8 heteroatoms. The third-order valence-corrected chi connectivity index (χ3v) is 6.35. The van der Waals surface area contributed by atoms with E-state index < -0.39 is 11.1 Å². The number of hydrogen-bond donors (Lipinski definition) is 2. The molecule has 4 heterocycles. The first-order chi connectivity index (χ1) is 14.7. The van der Waals surface area contributed by atoms with Crippen molar-refractivity contribution < 1.29 is 13.5 Å². The van der Waals surface area contributed by atoms with Gasteiger partial charge in [-0.15, -0.1) is 0 Å². The van der Waals surface area contributed by atoms with E-state index in [1.807, 2.05) is 12.1 Å². The van der Waals surface area contributed by atoms with Crippen LogP contribution in [-0.2, 0) is 22.2 Å². The smallest absolute Gasteiger partial charge is 0.186 e. The van der Waals surface area contributed by atoms with Gasteiger partial charge in [-0.3, -0.25) is 0 Å². The van der Waals surface area contributed by atoms with Gasteiger partial charge in [0.05, 0.1) is 35.2 Å². The van der Waals surface area contributed by atoms with Crippen molar-refractivity contribution in [3.05, 3.63) is 59.9 Å². The number of morpholine rings is 1. The van der Waals surface area contributed by atoms with Crippen molar-refractivity contribution in [3.63, 3.8) is 0 Å². The van der Waals surface area contributed by atoms with Crippen molar-refractivity contribution in [2.24, 2.45) is 0 Å². The van der Waals surface area contributed by atoms with E-state index >= 15 is 0 Å². The van der Waals surface area contributed by atoms with Gasteiger partial charge < -0.3 is 24.4 Å². The number of aromatic nitrogens is 1. The molecule has 30 heavy (non-hydrogen) atoms. The van der Waals surface area contributed by atoms with Gasteiger partial charge in [-0.05, 0) is 24.6 Å². The molecule has 2 N–H and O–H groups in total. The Morgan fingerprint density at radius 2 is 2.03 bits per heavy atom. The highest BCUT2D eigenvalue weighted by molar-refractivity contribution is 7.79. The highest BCUT2D eigenvalue weighted by Crippen LogP contribution is 2.40. The summed E-state index contributed by atoms with van der Waals surface area (Å²) in [5, 5.41) is 3.29. The van der Waals surface area contributed by atoms with Crippen LogP contribution in [-0.4, -0.2) is 53.1 Å². The number of fused-ring (bicyclic) bond motifs is 1. The molecule has 156 valence electrons. The third kappa shape index (κ3) is 3.62. The van der Waals surface area contributed by atoms with E-state index in [9.17, 15) is 8.76 Å². The molecular formula is C22H24N4O3S. The standard InChI is InChI=1S/C22H24N4O3S/c27-30(28)18-5-1-3-16(13-18)22-19-6-8-26(17-4-2-7-23-15-17)20(19)14-21(24-22)25-9-11-29-12-10-25/h1-5,13-15,23H,6-12H2,(H,27,28). The summed E-state index contributed by atoms with van der Waals surface area (Å²) in [6.07, 6.45) is 7.20. The molecule has 1 fully saturated rings. The second-order valence-corrected chi connectivity index (χ2v) is 8.45. The monoisotopic (exact) mass is 424 g/mol. The van der Waals surface area contributed by atoms with Crippen molar-refractivity contribution in [2.45, 2.75) is 11.3 Å². The number of hydrogen-bond acceptors (Lipinski definition) is 6. The Morgan fingerprint density at radius 3 is 2.80 bits per heavy atom. The first-order valence-electron chi connectivity index (χ1n) is 10.2. The fourth-order valence-electron chi connectivity index (χ4n) is 4.22. The normalized spacial score (nSPS) is 19.3. The highest BCUT2D eigenvalue weighted by atomic mass is 32.2. The molecule has 0 radical (unpaired) electrons. The summed E-state index contributed by atoms with van der Waals surface area (Å²) in [6, 6.07) is 9.39. The van der Waals surface area contributed by atoms with Crippen molar-refractivity contribution >= 4 is 22.6 Å². The van der Waals surface area contributed by atoms with Crippen LogP contribution in [0.5, 0.6) is 0 Å². The number of allylic oxidation sites excluding steroid dienone is 1. The second-order valence-electron chi connectivity index (χ2n) is 7.48. The zero-order chi connectivity index (χ0) is 20.5. The van der Waals surface area contributed by atoms with Crippen LogP contribution in [0, 0.1) is 0 Å². The number of rotatable bonds is 4. The van der Waals surface area contributed by atoms with Crippen LogP contribution in [0.2, 0.25) is 0 Å². The lowest BCUT2D eigenvalue weighted by Crippen LogP contribution is -2.37. The second kappa shape index (κ2) is 8.22. The predicted molar refractivity (Wildman–Crippen MR) is 118 cm³/mol. The minimum atomic E-state index is -2.02. The quantitative estimate of drug-likeness (QED) is 0.731. The lowest BCUT2D eigenvalue weighted by Gasteiger charge is -2.30. The molecule has 0 saturated carbocycles. The molecule has 1 aromatic carbocycles. The Labute approximate surface area is 178 Å². The van der Waals surface area contributed by atoms with Gasteiger partial charge in [0.1, 0.15) is 5.82 Å². The Kier molecular flexibility index (Phi) is 5.28. The first kappa shape index (κ1) is 19.3. The van der Waals surface area contributed by atoms with Crippen LogP contribution in [0.1, 0.15) is 5.56 Å². The molecule has 0 bridgehead atoms. The number of pyridine rings is 1. The van der Waals surface area contributed by atoms with Gasteiger partial charge in [0.25, 0.3) is 0 Å². The Hall–Kier alpha value is -2.68. The lowest BCUT2D eigenvalue weighted by molar-refractivity contribution is 0.122. The van der Waals surface area contributed by atoms with Crippen molar-refractivity contribution in [1.82, 2.24) is 10.3 Å². The van der Waals surface area contributed by atoms with Crippen LogP contribution >= 0.6 is 0 Å².